The Bertz CT molecular complexity index is 1210. The molecule has 0 radical (unpaired) electrons. The average molecular weight is 445 g/mol. The molecule has 6 heteroatoms. The van der Waals surface area contributed by atoms with E-state index in [4.69, 9.17) is 4.74 Å². The number of thioether (sulfide) groups is 1. The van der Waals surface area contributed by atoms with Crippen molar-refractivity contribution in [1.82, 2.24) is 0 Å². The van der Waals surface area contributed by atoms with E-state index in [2.05, 4.69) is 5.32 Å². The van der Waals surface area contributed by atoms with E-state index in [1.165, 1.54) is 16.7 Å². The fraction of sp³-hybridized carbons (Fsp3) is 0.154. The van der Waals surface area contributed by atoms with Gasteiger partial charge in [0.25, 0.3) is 11.8 Å². The molecule has 3 aromatic rings. The maximum Gasteiger partial charge on any atom is 0.283 e. The molecule has 0 aromatic heterocycles. The summed E-state index contributed by atoms with van der Waals surface area (Å²) >= 11 is 1.29. The topological polar surface area (TPSA) is 58.6 Å². The average Bonchev–Trinajstić information content (AvgIpc) is 2.98. The van der Waals surface area contributed by atoms with Gasteiger partial charge in [0, 0.05) is 16.6 Å². The molecule has 0 unspecified atom stereocenters. The van der Waals surface area contributed by atoms with Gasteiger partial charge in [-0.2, -0.15) is 0 Å². The van der Waals surface area contributed by atoms with E-state index in [1.807, 2.05) is 81.4 Å². The first-order valence-electron chi connectivity index (χ1n) is 10.2. The molecule has 0 atom stereocenters. The highest BCUT2D eigenvalue weighted by atomic mass is 32.2. The van der Waals surface area contributed by atoms with Crippen LogP contribution in [0.4, 0.5) is 11.4 Å². The van der Waals surface area contributed by atoms with Crippen LogP contribution in [0.25, 0.3) is 0 Å². The summed E-state index contributed by atoms with van der Waals surface area (Å²) in [6, 6.07) is 20.9. The smallest absolute Gasteiger partial charge is 0.283 e. The Morgan fingerprint density at radius 1 is 0.812 bits per heavy atom. The predicted octanol–water partition coefficient (Wildman–Crippen LogP) is 5.61. The number of nitrogens with zero attached hydrogens (tertiary/aromatic N) is 1. The van der Waals surface area contributed by atoms with Crippen LogP contribution in [0.1, 0.15) is 16.7 Å². The summed E-state index contributed by atoms with van der Waals surface area (Å²) in [4.78, 5) is 29.5. The van der Waals surface area contributed by atoms with Crippen LogP contribution in [-0.4, -0.2) is 18.9 Å². The molecule has 0 bridgehead atoms. The second kappa shape index (κ2) is 8.93. The van der Waals surface area contributed by atoms with Gasteiger partial charge in [0.2, 0.25) is 0 Å². The number of benzene rings is 3. The molecule has 32 heavy (non-hydrogen) atoms. The highest BCUT2D eigenvalue weighted by Gasteiger charge is 2.40. The molecule has 2 amide bonds. The van der Waals surface area contributed by atoms with Crippen molar-refractivity contribution in [3.63, 3.8) is 0 Å². The van der Waals surface area contributed by atoms with Gasteiger partial charge in [0.1, 0.15) is 16.4 Å². The van der Waals surface area contributed by atoms with Gasteiger partial charge in [0.15, 0.2) is 0 Å². The van der Waals surface area contributed by atoms with Crippen LogP contribution in [0.15, 0.2) is 82.2 Å². The Morgan fingerprint density at radius 3 is 2.16 bits per heavy atom. The lowest BCUT2D eigenvalue weighted by Gasteiger charge is -2.17. The summed E-state index contributed by atoms with van der Waals surface area (Å²) in [5.41, 5.74) is 4.61. The van der Waals surface area contributed by atoms with E-state index in [-0.39, 0.29) is 17.5 Å². The maximum absolute atomic E-state index is 13.5. The molecule has 0 saturated heterocycles. The molecule has 0 saturated carbocycles. The molecule has 1 aliphatic heterocycles. The van der Waals surface area contributed by atoms with Gasteiger partial charge in [-0.25, -0.2) is 4.90 Å². The lowest BCUT2D eigenvalue weighted by molar-refractivity contribution is -0.120. The maximum atomic E-state index is 13.5. The fourth-order valence-corrected chi connectivity index (χ4v) is 4.52. The summed E-state index contributed by atoms with van der Waals surface area (Å²) in [6.45, 7) is 5.91. The minimum Gasteiger partial charge on any atom is -0.497 e. The minimum absolute atomic E-state index is 0.257. The molecule has 0 aliphatic carbocycles. The van der Waals surface area contributed by atoms with Crippen molar-refractivity contribution in [2.45, 2.75) is 25.7 Å². The molecule has 4 rings (SSSR count). The van der Waals surface area contributed by atoms with E-state index in [0.717, 1.165) is 21.6 Å². The van der Waals surface area contributed by atoms with Gasteiger partial charge >= 0.3 is 0 Å². The zero-order valence-electron chi connectivity index (χ0n) is 18.4. The molecule has 162 valence electrons. The highest BCUT2D eigenvalue weighted by molar-refractivity contribution is 8.04. The van der Waals surface area contributed by atoms with E-state index >= 15 is 0 Å². The van der Waals surface area contributed by atoms with Crippen molar-refractivity contribution in [3.8, 4) is 5.75 Å². The van der Waals surface area contributed by atoms with Crippen LogP contribution in [-0.2, 0) is 9.59 Å². The number of carbonyl (C=O) groups excluding carboxylic acids is 2. The first-order valence-corrected chi connectivity index (χ1v) is 11.0. The Balaban J connectivity index is 1.76. The van der Waals surface area contributed by atoms with Gasteiger partial charge in [-0.05, 0) is 68.3 Å². The summed E-state index contributed by atoms with van der Waals surface area (Å²) in [7, 11) is 1.59. The molecule has 5 nitrogen and oxygen atoms in total. The van der Waals surface area contributed by atoms with Crippen LogP contribution in [0, 0.1) is 20.8 Å². The molecular formula is C26H24N2O3S. The van der Waals surface area contributed by atoms with Gasteiger partial charge < -0.3 is 10.1 Å². The summed E-state index contributed by atoms with van der Waals surface area (Å²) < 4.78 is 5.29. The van der Waals surface area contributed by atoms with Crippen molar-refractivity contribution in [3.05, 3.63) is 94.0 Å². The second-order valence-electron chi connectivity index (χ2n) is 7.77. The Morgan fingerprint density at radius 2 is 1.50 bits per heavy atom. The summed E-state index contributed by atoms with van der Waals surface area (Å²) in [6.07, 6.45) is 0. The highest BCUT2D eigenvalue weighted by Crippen LogP contribution is 2.38. The number of nitrogens with one attached hydrogen (secondary N) is 1. The molecular weight excluding hydrogens is 420 g/mol. The van der Waals surface area contributed by atoms with Crippen LogP contribution in [0.2, 0.25) is 0 Å². The molecule has 1 aliphatic rings. The number of amides is 2. The van der Waals surface area contributed by atoms with Crippen molar-refractivity contribution in [2.75, 3.05) is 17.3 Å². The monoisotopic (exact) mass is 444 g/mol. The summed E-state index contributed by atoms with van der Waals surface area (Å²) in [5, 5.41) is 3.17. The molecule has 3 aromatic carbocycles. The summed E-state index contributed by atoms with van der Waals surface area (Å²) in [5.74, 6) is -0.0559. The first-order chi connectivity index (χ1) is 15.4. The van der Waals surface area contributed by atoms with Crippen LogP contribution >= 0.6 is 11.8 Å². The number of carbonyl (C=O) groups is 2. The minimum atomic E-state index is -0.377. The van der Waals surface area contributed by atoms with Crippen LogP contribution in [0.3, 0.4) is 0 Å². The molecule has 1 heterocycles. The van der Waals surface area contributed by atoms with Gasteiger partial charge in [0.05, 0.1) is 12.8 Å². The number of imide groups is 1. The van der Waals surface area contributed by atoms with Crippen molar-refractivity contribution in [1.29, 1.82) is 0 Å². The lowest BCUT2D eigenvalue weighted by Crippen LogP contribution is -2.32. The Labute approximate surface area is 192 Å². The van der Waals surface area contributed by atoms with Gasteiger partial charge in [-0.1, -0.05) is 41.6 Å². The third-order valence-electron chi connectivity index (χ3n) is 5.09. The van der Waals surface area contributed by atoms with E-state index in [9.17, 15) is 9.59 Å². The number of methoxy groups -OCH3 is 1. The normalized spacial score (nSPS) is 13.7. The third kappa shape index (κ3) is 4.41. The van der Waals surface area contributed by atoms with Crippen molar-refractivity contribution >= 4 is 35.0 Å². The third-order valence-corrected chi connectivity index (χ3v) is 6.18. The fourth-order valence-electron chi connectivity index (χ4n) is 3.60. The second-order valence-corrected chi connectivity index (χ2v) is 8.85. The lowest BCUT2D eigenvalue weighted by atomic mass is 10.1. The van der Waals surface area contributed by atoms with Crippen molar-refractivity contribution < 1.29 is 14.3 Å². The number of hydrogen-bond acceptors (Lipinski definition) is 5. The zero-order valence-corrected chi connectivity index (χ0v) is 19.2. The SMILES string of the molecule is COc1cccc(NC2=C(Sc3ccc(C)cc3)C(=O)N(c3cc(C)cc(C)c3)C2=O)c1. The molecule has 0 spiro atoms. The Kier molecular flexibility index (Phi) is 6.06. The van der Waals surface area contributed by atoms with E-state index in [1.54, 1.807) is 13.2 Å². The number of ether oxygens (including phenoxy) is 1. The van der Waals surface area contributed by atoms with Crippen LogP contribution < -0.4 is 15.0 Å². The van der Waals surface area contributed by atoms with Crippen molar-refractivity contribution in [2.24, 2.45) is 0 Å². The largest absolute Gasteiger partial charge is 0.497 e. The van der Waals surface area contributed by atoms with Gasteiger partial charge in [-0.3, -0.25) is 9.59 Å². The predicted molar refractivity (Wildman–Crippen MR) is 129 cm³/mol. The number of aryl methyl sites for hydroxylation is 3. The standard InChI is InChI=1S/C26H24N2O3S/c1-16-8-10-22(11-9-16)32-24-23(27-19-6-5-7-21(15-19)31-4)25(29)28(26(24)30)20-13-17(2)12-18(3)14-20/h5-15,27H,1-4H3. The molecule has 1 N–H and O–H groups in total. The quantitative estimate of drug-likeness (QED) is 0.501. The number of rotatable bonds is 6. The van der Waals surface area contributed by atoms with E-state index < -0.39 is 0 Å². The molecule has 0 fully saturated rings. The van der Waals surface area contributed by atoms with Gasteiger partial charge in [-0.15, -0.1) is 0 Å². The number of anilines is 2. The first kappa shape index (κ1) is 21.7. The number of hydrogen-bond donors (Lipinski definition) is 1. The van der Waals surface area contributed by atoms with Crippen LogP contribution in [0.5, 0.6) is 5.75 Å². The van der Waals surface area contributed by atoms with E-state index in [0.29, 0.717) is 22.0 Å². The zero-order chi connectivity index (χ0) is 22.8. The Hall–Kier alpha value is -3.51.